The van der Waals surface area contributed by atoms with E-state index >= 15 is 0 Å². The highest BCUT2D eigenvalue weighted by molar-refractivity contribution is 5.79. The second-order valence-corrected chi connectivity index (χ2v) is 9.88. The summed E-state index contributed by atoms with van der Waals surface area (Å²) in [4.78, 5) is 18.1. The van der Waals surface area contributed by atoms with Gasteiger partial charge in [-0.15, -0.1) is 0 Å². The topological polar surface area (TPSA) is 54.5 Å². The fraction of sp³-hybridized carbons (Fsp3) is 0.481. The van der Waals surface area contributed by atoms with Crippen molar-refractivity contribution in [3.05, 3.63) is 64.0 Å². The number of hydrogen-bond acceptors (Lipinski definition) is 4. The number of nitrogens with zero attached hydrogens (tertiary/aromatic N) is 2. The van der Waals surface area contributed by atoms with Crippen LogP contribution in [0.25, 0.3) is 5.57 Å². The number of ether oxygens (including phenoxy) is 1. The SMILES string of the molecule is CNC(=O)C1CN(CC2=C(C)c3ccc(OCc4cc(C5CC5)c(C(F)(F)F)cn4)cc3CC2)C1. The smallest absolute Gasteiger partial charge is 0.418 e. The van der Waals surface area contributed by atoms with Crippen molar-refractivity contribution < 1.29 is 22.7 Å². The van der Waals surface area contributed by atoms with Crippen molar-refractivity contribution in [2.75, 3.05) is 26.7 Å². The summed E-state index contributed by atoms with van der Waals surface area (Å²) in [5.74, 6) is 0.887. The number of pyridine rings is 1. The fourth-order valence-corrected chi connectivity index (χ4v) is 5.15. The molecule has 2 fully saturated rings. The van der Waals surface area contributed by atoms with Gasteiger partial charge in [-0.3, -0.25) is 14.7 Å². The summed E-state index contributed by atoms with van der Waals surface area (Å²) in [6.07, 6.45) is 0.0301. The standard InChI is InChI=1S/C27H30F3N3O2/c1-16-19(12-33-13-20(14-33)26(34)31-2)6-5-18-9-22(7-8-23(16)18)35-15-21-10-24(17-3-4-17)25(11-32-21)27(28,29)30/h7-11,17,20H,3-6,12-15H2,1-2H3,(H,31,34). The Morgan fingerprint density at radius 3 is 2.66 bits per heavy atom. The first-order valence-corrected chi connectivity index (χ1v) is 12.2. The molecular formula is C27H30F3N3O2. The molecule has 1 aliphatic heterocycles. The van der Waals surface area contributed by atoms with Gasteiger partial charge in [0.2, 0.25) is 5.91 Å². The lowest BCUT2D eigenvalue weighted by molar-refractivity contribution is -0.138. The average Bonchev–Trinajstić information content (AvgIpc) is 3.65. The molecule has 5 nitrogen and oxygen atoms in total. The number of likely N-dealkylation sites (tertiary alicyclic amines) is 1. The summed E-state index contributed by atoms with van der Waals surface area (Å²) < 4.78 is 45.8. The molecule has 0 unspecified atom stereocenters. The van der Waals surface area contributed by atoms with E-state index in [0.29, 0.717) is 17.0 Å². The maximum absolute atomic E-state index is 13.3. The molecule has 5 rings (SSSR count). The van der Waals surface area contributed by atoms with Crippen LogP contribution in [-0.2, 0) is 24.0 Å². The second kappa shape index (κ2) is 9.30. The van der Waals surface area contributed by atoms with Crippen molar-refractivity contribution in [2.24, 2.45) is 5.92 Å². The minimum absolute atomic E-state index is 0.0213. The van der Waals surface area contributed by atoms with E-state index in [1.807, 2.05) is 12.1 Å². The van der Waals surface area contributed by atoms with Crippen molar-refractivity contribution in [2.45, 2.75) is 51.3 Å². The van der Waals surface area contributed by atoms with Crippen LogP contribution in [0.1, 0.15) is 60.1 Å². The molecule has 2 heterocycles. The van der Waals surface area contributed by atoms with E-state index in [-0.39, 0.29) is 24.3 Å². The number of rotatable bonds is 7. The van der Waals surface area contributed by atoms with E-state index in [1.165, 1.54) is 22.3 Å². The number of benzene rings is 1. The number of halogens is 3. The fourth-order valence-electron chi connectivity index (χ4n) is 5.15. The van der Waals surface area contributed by atoms with E-state index in [0.717, 1.165) is 51.5 Å². The Labute approximate surface area is 203 Å². The van der Waals surface area contributed by atoms with Crippen LogP contribution in [-0.4, -0.2) is 42.5 Å². The normalized spacial score (nSPS) is 18.8. The molecule has 35 heavy (non-hydrogen) atoms. The van der Waals surface area contributed by atoms with Gasteiger partial charge in [-0.2, -0.15) is 13.2 Å². The predicted octanol–water partition coefficient (Wildman–Crippen LogP) is 4.95. The third kappa shape index (κ3) is 5.08. The van der Waals surface area contributed by atoms with Crippen LogP contribution in [0.3, 0.4) is 0 Å². The van der Waals surface area contributed by atoms with Gasteiger partial charge < -0.3 is 10.1 Å². The van der Waals surface area contributed by atoms with E-state index in [1.54, 1.807) is 13.1 Å². The highest BCUT2D eigenvalue weighted by Gasteiger charge is 2.38. The molecule has 0 atom stereocenters. The number of amides is 1. The highest BCUT2D eigenvalue weighted by atomic mass is 19.4. The Hall–Kier alpha value is -2.87. The van der Waals surface area contributed by atoms with Crippen LogP contribution in [0, 0.1) is 5.92 Å². The first-order chi connectivity index (χ1) is 16.7. The minimum Gasteiger partial charge on any atom is -0.487 e. The van der Waals surface area contributed by atoms with Crippen LogP contribution in [0.2, 0.25) is 0 Å². The maximum atomic E-state index is 13.3. The molecule has 1 amide bonds. The molecule has 1 aromatic heterocycles. The molecule has 1 saturated heterocycles. The van der Waals surface area contributed by atoms with E-state index in [9.17, 15) is 18.0 Å². The second-order valence-electron chi connectivity index (χ2n) is 9.88. The van der Waals surface area contributed by atoms with Crippen LogP contribution in [0.4, 0.5) is 13.2 Å². The van der Waals surface area contributed by atoms with Gasteiger partial charge in [-0.1, -0.05) is 11.6 Å². The van der Waals surface area contributed by atoms with Crippen LogP contribution < -0.4 is 10.1 Å². The summed E-state index contributed by atoms with van der Waals surface area (Å²) in [6, 6.07) is 7.58. The zero-order valence-corrected chi connectivity index (χ0v) is 20.0. The molecule has 2 aliphatic carbocycles. The lowest BCUT2D eigenvalue weighted by Gasteiger charge is -2.39. The first-order valence-electron chi connectivity index (χ1n) is 12.2. The average molecular weight is 486 g/mol. The zero-order valence-electron chi connectivity index (χ0n) is 20.0. The van der Waals surface area contributed by atoms with Gasteiger partial charge in [0.15, 0.2) is 0 Å². The predicted molar refractivity (Wildman–Crippen MR) is 127 cm³/mol. The Balaban J connectivity index is 1.23. The number of aromatic nitrogens is 1. The highest BCUT2D eigenvalue weighted by Crippen LogP contribution is 2.46. The lowest BCUT2D eigenvalue weighted by Crippen LogP contribution is -2.53. The van der Waals surface area contributed by atoms with Crippen LogP contribution >= 0.6 is 0 Å². The Kier molecular flexibility index (Phi) is 6.34. The van der Waals surface area contributed by atoms with Crippen molar-refractivity contribution >= 4 is 11.5 Å². The molecule has 0 spiro atoms. The minimum atomic E-state index is -4.38. The molecule has 1 N–H and O–H groups in total. The van der Waals surface area contributed by atoms with Gasteiger partial charge in [0.05, 0.1) is 17.2 Å². The monoisotopic (exact) mass is 485 g/mol. The van der Waals surface area contributed by atoms with E-state index < -0.39 is 11.7 Å². The number of hydrogen-bond donors (Lipinski definition) is 1. The summed E-state index contributed by atoms with van der Waals surface area (Å²) in [5.41, 5.74) is 5.34. The zero-order chi connectivity index (χ0) is 24.7. The third-order valence-corrected chi connectivity index (χ3v) is 7.40. The van der Waals surface area contributed by atoms with Crippen molar-refractivity contribution in [3.8, 4) is 5.75 Å². The lowest BCUT2D eigenvalue weighted by atomic mass is 9.85. The maximum Gasteiger partial charge on any atom is 0.418 e. The third-order valence-electron chi connectivity index (χ3n) is 7.40. The first kappa shape index (κ1) is 23.9. The van der Waals surface area contributed by atoms with Crippen LogP contribution in [0.5, 0.6) is 5.75 Å². The number of alkyl halides is 3. The Morgan fingerprint density at radius 1 is 1.20 bits per heavy atom. The van der Waals surface area contributed by atoms with Gasteiger partial charge in [0.1, 0.15) is 12.4 Å². The molecule has 3 aliphatic rings. The van der Waals surface area contributed by atoms with Crippen molar-refractivity contribution in [1.82, 2.24) is 15.2 Å². The molecule has 0 radical (unpaired) electrons. The number of carbonyl (C=O) groups excluding carboxylic acids is 1. The molecule has 1 saturated carbocycles. The Bertz CT molecular complexity index is 1160. The van der Waals surface area contributed by atoms with E-state index in [4.69, 9.17) is 4.74 Å². The molecule has 8 heteroatoms. The molecule has 0 bridgehead atoms. The largest absolute Gasteiger partial charge is 0.487 e. The molecule has 2 aromatic rings. The summed E-state index contributed by atoms with van der Waals surface area (Å²) in [6.45, 7) is 4.78. The Morgan fingerprint density at radius 2 is 1.97 bits per heavy atom. The van der Waals surface area contributed by atoms with Crippen molar-refractivity contribution in [3.63, 3.8) is 0 Å². The molecular weight excluding hydrogens is 455 g/mol. The molecule has 1 aromatic carbocycles. The van der Waals surface area contributed by atoms with E-state index in [2.05, 4.69) is 28.2 Å². The quantitative estimate of drug-likeness (QED) is 0.603. The van der Waals surface area contributed by atoms with Gasteiger partial charge in [0, 0.05) is 32.9 Å². The number of allylic oxidation sites excluding steroid dienone is 1. The number of aryl methyl sites for hydroxylation is 1. The van der Waals surface area contributed by atoms with Gasteiger partial charge in [-0.05, 0) is 79.0 Å². The summed E-state index contributed by atoms with van der Waals surface area (Å²) >= 11 is 0. The molecule has 186 valence electrons. The van der Waals surface area contributed by atoms with Gasteiger partial charge >= 0.3 is 6.18 Å². The van der Waals surface area contributed by atoms with Crippen molar-refractivity contribution in [1.29, 1.82) is 0 Å². The number of nitrogens with one attached hydrogen (secondary N) is 1. The van der Waals surface area contributed by atoms with Crippen LogP contribution in [0.15, 0.2) is 36.0 Å². The number of carbonyl (C=O) groups is 1. The van der Waals surface area contributed by atoms with Gasteiger partial charge in [0.25, 0.3) is 0 Å². The van der Waals surface area contributed by atoms with Gasteiger partial charge in [-0.25, -0.2) is 0 Å². The number of fused-ring (bicyclic) bond motifs is 1. The summed E-state index contributed by atoms with van der Waals surface area (Å²) in [7, 11) is 1.68. The summed E-state index contributed by atoms with van der Waals surface area (Å²) in [5, 5.41) is 2.72.